The monoisotopic (exact) mass is 294 g/mol. The molecule has 0 spiro atoms. The second-order valence-electron chi connectivity index (χ2n) is 7.26. The highest BCUT2D eigenvalue weighted by Gasteiger charge is 2.48. The Kier molecular flexibility index (Phi) is 4.64. The van der Waals surface area contributed by atoms with Crippen LogP contribution in [0.15, 0.2) is 0 Å². The van der Waals surface area contributed by atoms with Crippen LogP contribution in [-0.4, -0.2) is 34.8 Å². The molecule has 1 aliphatic heterocycles. The minimum Gasteiger partial charge on any atom is -0.340 e. The molecule has 2 rings (SSSR count). The van der Waals surface area contributed by atoms with Gasteiger partial charge in [-0.2, -0.15) is 0 Å². The summed E-state index contributed by atoms with van der Waals surface area (Å²) in [6.45, 7) is 8.82. The van der Waals surface area contributed by atoms with Gasteiger partial charge in [-0.15, -0.1) is 0 Å². The maximum absolute atomic E-state index is 13.0. The molecule has 4 nitrogen and oxygen atoms in total. The molecule has 4 heteroatoms. The van der Waals surface area contributed by atoms with Crippen molar-refractivity contribution in [3.05, 3.63) is 0 Å². The number of nitrogens with zero attached hydrogens (tertiary/aromatic N) is 1. The Hall–Kier alpha value is -1.06. The third kappa shape index (κ3) is 2.95. The van der Waals surface area contributed by atoms with Gasteiger partial charge >= 0.3 is 0 Å². The lowest BCUT2D eigenvalue weighted by molar-refractivity contribution is -0.157. The van der Waals surface area contributed by atoms with Crippen molar-refractivity contribution < 1.29 is 9.59 Å². The molecule has 2 amide bonds. The Bertz CT molecular complexity index is 409. The van der Waals surface area contributed by atoms with E-state index in [2.05, 4.69) is 12.2 Å². The van der Waals surface area contributed by atoms with Gasteiger partial charge < -0.3 is 10.2 Å². The van der Waals surface area contributed by atoms with Gasteiger partial charge in [-0.05, 0) is 38.0 Å². The van der Waals surface area contributed by atoms with E-state index in [1.54, 1.807) is 0 Å². The van der Waals surface area contributed by atoms with Crippen LogP contribution in [0.5, 0.6) is 0 Å². The van der Waals surface area contributed by atoms with Crippen molar-refractivity contribution in [1.29, 1.82) is 0 Å². The van der Waals surface area contributed by atoms with Crippen LogP contribution in [0.3, 0.4) is 0 Å². The Morgan fingerprint density at radius 2 is 1.71 bits per heavy atom. The van der Waals surface area contributed by atoms with E-state index < -0.39 is 5.54 Å². The van der Waals surface area contributed by atoms with E-state index in [4.69, 9.17) is 0 Å². The number of rotatable bonds is 4. The summed E-state index contributed by atoms with van der Waals surface area (Å²) in [6, 6.07) is -0.345. The number of nitrogens with one attached hydrogen (secondary N) is 1. The van der Waals surface area contributed by atoms with Crippen molar-refractivity contribution in [3.8, 4) is 0 Å². The van der Waals surface area contributed by atoms with Gasteiger partial charge in [0.25, 0.3) is 0 Å². The van der Waals surface area contributed by atoms with Crippen molar-refractivity contribution >= 4 is 11.8 Å². The van der Waals surface area contributed by atoms with Crippen molar-refractivity contribution in [1.82, 2.24) is 10.2 Å². The van der Waals surface area contributed by atoms with E-state index in [9.17, 15) is 9.59 Å². The number of carbonyl (C=O) groups is 2. The zero-order chi connectivity index (χ0) is 15.7. The molecule has 1 atom stereocenters. The second-order valence-corrected chi connectivity index (χ2v) is 7.26. The van der Waals surface area contributed by atoms with Crippen molar-refractivity contribution in [2.24, 2.45) is 5.41 Å². The maximum Gasteiger partial charge on any atom is 0.248 e. The van der Waals surface area contributed by atoms with Crippen LogP contribution in [0.2, 0.25) is 0 Å². The van der Waals surface area contributed by atoms with E-state index in [0.29, 0.717) is 12.8 Å². The third-order valence-corrected chi connectivity index (χ3v) is 5.70. The fourth-order valence-corrected chi connectivity index (χ4v) is 3.90. The summed E-state index contributed by atoms with van der Waals surface area (Å²) in [5.41, 5.74) is -0.512. The number of carbonyl (C=O) groups excluding carboxylic acids is 2. The van der Waals surface area contributed by atoms with Gasteiger partial charge in [-0.25, -0.2) is 0 Å². The van der Waals surface area contributed by atoms with E-state index in [1.165, 1.54) is 19.3 Å². The smallest absolute Gasteiger partial charge is 0.248 e. The van der Waals surface area contributed by atoms with Crippen LogP contribution in [0.25, 0.3) is 0 Å². The van der Waals surface area contributed by atoms with E-state index in [1.807, 2.05) is 25.7 Å². The quantitative estimate of drug-likeness (QED) is 0.866. The lowest BCUT2D eigenvalue weighted by Gasteiger charge is -2.48. The molecule has 0 aromatic heterocycles. The zero-order valence-electron chi connectivity index (χ0n) is 14.0. The van der Waals surface area contributed by atoms with Crippen LogP contribution >= 0.6 is 0 Å². The molecule has 0 aromatic carbocycles. The number of hydrogen-bond acceptors (Lipinski definition) is 2. The summed E-state index contributed by atoms with van der Waals surface area (Å²) in [5.74, 6) is 0.115. The lowest BCUT2D eigenvalue weighted by atomic mass is 9.74. The minimum atomic E-state index is -0.686. The summed E-state index contributed by atoms with van der Waals surface area (Å²) in [4.78, 5) is 27.2. The lowest BCUT2D eigenvalue weighted by Crippen LogP contribution is -2.70. The van der Waals surface area contributed by atoms with Crippen molar-refractivity contribution in [2.75, 3.05) is 6.54 Å². The molecule has 1 heterocycles. The van der Waals surface area contributed by atoms with E-state index in [-0.39, 0.29) is 23.3 Å². The highest BCUT2D eigenvalue weighted by Crippen LogP contribution is 2.38. The Labute approximate surface area is 128 Å². The number of amides is 2. The predicted molar refractivity (Wildman–Crippen MR) is 83.8 cm³/mol. The Morgan fingerprint density at radius 1 is 1.14 bits per heavy atom. The fraction of sp³-hybridized carbons (Fsp3) is 0.882. The van der Waals surface area contributed by atoms with Crippen LogP contribution in [0, 0.1) is 5.41 Å². The standard InChI is InChI=1S/C17H30N2O2/c1-5-17(6-2)15(21)19(13(3)14(20)18-17)12-16(4)10-8-7-9-11-16/h13H,5-12H2,1-4H3,(H,18,20). The minimum absolute atomic E-state index is 0.00212. The van der Waals surface area contributed by atoms with E-state index >= 15 is 0 Å². The summed E-state index contributed by atoms with van der Waals surface area (Å²) >= 11 is 0. The first kappa shape index (κ1) is 16.3. The number of piperazine rings is 1. The topological polar surface area (TPSA) is 49.4 Å². The van der Waals surface area contributed by atoms with Crippen LogP contribution in [0.1, 0.15) is 72.6 Å². The molecule has 0 aromatic rings. The van der Waals surface area contributed by atoms with Crippen LogP contribution < -0.4 is 5.32 Å². The predicted octanol–water partition coefficient (Wildman–Crippen LogP) is 2.86. The number of hydrogen-bond donors (Lipinski definition) is 1. The average Bonchev–Trinajstić information content (AvgIpc) is 2.48. The van der Waals surface area contributed by atoms with Gasteiger partial charge in [0.15, 0.2) is 0 Å². The highest BCUT2D eigenvalue weighted by atomic mass is 16.2. The molecule has 1 aliphatic carbocycles. The molecule has 1 unspecified atom stereocenters. The molecule has 120 valence electrons. The maximum atomic E-state index is 13.0. The average molecular weight is 294 g/mol. The Morgan fingerprint density at radius 3 is 2.24 bits per heavy atom. The largest absolute Gasteiger partial charge is 0.340 e. The van der Waals surface area contributed by atoms with Gasteiger partial charge in [0.2, 0.25) is 11.8 Å². The van der Waals surface area contributed by atoms with Gasteiger partial charge in [0, 0.05) is 6.54 Å². The summed E-state index contributed by atoms with van der Waals surface area (Å²) < 4.78 is 0. The first-order valence-corrected chi connectivity index (χ1v) is 8.50. The summed E-state index contributed by atoms with van der Waals surface area (Å²) in [7, 11) is 0. The van der Waals surface area contributed by atoms with Crippen molar-refractivity contribution in [3.63, 3.8) is 0 Å². The van der Waals surface area contributed by atoms with Gasteiger partial charge in [0.1, 0.15) is 11.6 Å². The zero-order valence-corrected chi connectivity index (χ0v) is 14.0. The molecule has 1 saturated heterocycles. The van der Waals surface area contributed by atoms with Gasteiger partial charge in [0.05, 0.1) is 0 Å². The first-order valence-electron chi connectivity index (χ1n) is 8.50. The molecule has 0 radical (unpaired) electrons. The second kappa shape index (κ2) is 5.98. The molecule has 1 N–H and O–H groups in total. The Balaban J connectivity index is 2.22. The molecule has 2 fully saturated rings. The third-order valence-electron chi connectivity index (χ3n) is 5.70. The highest BCUT2D eigenvalue weighted by molar-refractivity contribution is 5.99. The molecule has 21 heavy (non-hydrogen) atoms. The molecule has 1 saturated carbocycles. The molecule has 2 aliphatic rings. The SMILES string of the molecule is CCC1(CC)NC(=O)C(C)N(CC2(C)CCCCC2)C1=O. The van der Waals surface area contributed by atoms with Gasteiger partial charge in [-0.3, -0.25) is 9.59 Å². The molecule has 0 bridgehead atoms. The van der Waals surface area contributed by atoms with E-state index in [0.717, 1.165) is 19.4 Å². The summed E-state index contributed by atoms with van der Waals surface area (Å²) in [5, 5.41) is 2.98. The van der Waals surface area contributed by atoms with Crippen LogP contribution in [0.4, 0.5) is 0 Å². The first-order chi connectivity index (χ1) is 9.87. The fourth-order valence-electron chi connectivity index (χ4n) is 3.90. The van der Waals surface area contributed by atoms with Gasteiger partial charge in [-0.1, -0.05) is 40.0 Å². The van der Waals surface area contributed by atoms with Crippen molar-refractivity contribution in [2.45, 2.75) is 84.2 Å². The molecular formula is C17H30N2O2. The van der Waals surface area contributed by atoms with Crippen LogP contribution in [-0.2, 0) is 9.59 Å². The molecular weight excluding hydrogens is 264 g/mol. The normalized spacial score (nSPS) is 28.4. The summed E-state index contributed by atoms with van der Waals surface area (Å²) in [6.07, 6.45) is 7.43.